The van der Waals surface area contributed by atoms with Gasteiger partial charge in [0.2, 0.25) is 5.95 Å². The van der Waals surface area contributed by atoms with Crippen molar-refractivity contribution in [2.75, 3.05) is 5.73 Å². The maximum atomic E-state index is 5.49. The lowest BCUT2D eigenvalue weighted by atomic mass is 10.4. The Morgan fingerprint density at radius 2 is 2.17 bits per heavy atom. The van der Waals surface area contributed by atoms with Gasteiger partial charge in [0.1, 0.15) is 5.52 Å². The van der Waals surface area contributed by atoms with E-state index >= 15 is 0 Å². The monoisotopic (exact) mass is 163 g/mol. The quantitative estimate of drug-likeness (QED) is 0.604. The molecule has 0 aliphatic rings. The standard InChI is InChI=1S/C7H9N5/c1-4-5-6(11-7(8)10-4)12(2)3-9-5/h3H,1-2H3,(H2,8,10,11). The number of hydrogen-bond donors (Lipinski definition) is 1. The summed E-state index contributed by atoms with van der Waals surface area (Å²) in [5, 5.41) is 0. The summed E-state index contributed by atoms with van der Waals surface area (Å²) in [6.45, 7) is 1.87. The Morgan fingerprint density at radius 1 is 1.42 bits per heavy atom. The van der Waals surface area contributed by atoms with Crippen molar-refractivity contribution in [3.05, 3.63) is 12.0 Å². The fraction of sp³-hybridized carbons (Fsp3) is 0.286. The van der Waals surface area contributed by atoms with E-state index in [1.165, 1.54) is 0 Å². The van der Waals surface area contributed by atoms with Crippen LogP contribution in [0.4, 0.5) is 5.95 Å². The van der Waals surface area contributed by atoms with E-state index in [9.17, 15) is 0 Å². The van der Waals surface area contributed by atoms with E-state index < -0.39 is 0 Å². The minimum atomic E-state index is 0.295. The summed E-state index contributed by atoms with van der Waals surface area (Å²) in [5.41, 5.74) is 7.90. The molecule has 0 saturated heterocycles. The number of nitrogens with two attached hydrogens (primary N) is 1. The number of nitrogens with zero attached hydrogens (tertiary/aromatic N) is 4. The van der Waals surface area contributed by atoms with Crippen LogP contribution < -0.4 is 5.73 Å². The van der Waals surface area contributed by atoms with Crippen LogP contribution in [0.1, 0.15) is 5.69 Å². The smallest absolute Gasteiger partial charge is 0.222 e. The fourth-order valence-electron chi connectivity index (χ4n) is 1.17. The molecule has 0 radical (unpaired) electrons. The van der Waals surface area contributed by atoms with Gasteiger partial charge in [-0.05, 0) is 6.92 Å². The van der Waals surface area contributed by atoms with E-state index in [4.69, 9.17) is 5.73 Å². The molecule has 5 heteroatoms. The Bertz CT molecular complexity index is 431. The largest absolute Gasteiger partial charge is 0.368 e. The van der Waals surface area contributed by atoms with Crippen LogP contribution in [0.2, 0.25) is 0 Å². The molecule has 2 heterocycles. The zero-order valence-electron chi connectivity index (χ0n) is 6.94. The average molecular weight is 163 g/mol. The highest BCUT2D eigenvalue weighted by Gasteiger charge is 2.05. The molecular weight excluding hydrogens is 154 g/mol. The Kier molecular flexibility index (Phi) is 1.27. The van der Waals surface area contributed by atoms with Crippen LogP contribution in [0.25, 0.3) is 11.2 Å². The molecule has 0 aliphatic carbocycles. The molecular formula is C7H9N5. The summed E-state index contributed by atoms with van der Waals surface area (Å²) in [5.74, 6) is 0.295. The van der Waals surface area contributed by atoms with Crippen molar-refractivity contribution in [2.24, 2.45) is 7.05 Å². The molecule has 2 N–H and O–H groups in total. The summed E-state index contributed by atoms with van der Waals surface area (Å²) in [4.78, 5) is 12.2. The van der Waals surface area contributed by atoms with Crippen molar-refractivity contribution >= 4 is 17.1 Å². The second kappa shape index (κ2) is 2.17. The number of fused-ring (bicyclic) bond motifs is 1. The van der Waals surface area contributed by atoms with Crippen LogP contribution in [-0.2, 0) is 7.05 Å². The van der Waals surface area contributed by atoms with E-state index in [0.29, 0.717) is 5.95 Å². The number of anilines is 1. The maximum Gasteiger partial charge on any atom is 0.222 e. The van der Waals surface area contributed by atoms with Crippen molar-refractivity contribution < 1.29 is 0 Å². The predicted octanol–water partition coefficient (Wildman–Crippen LogP) is 0.254. The second-order valence-corrected chi connectivity index (χ2v) is 2.69. The third kappa shape index (κ3) is 0.827. The summed E-state index contributed by atoms with van der Waals surface area (Å²) >= 11 is 0. The maximum absolute atomic E-state index is 5.49. The molecule has 0 unspecified atom stereocenters. The zero-order valence-corrected chi connectivity index (χ0v) is 6.94. The molecule has 5 nitrogen and oxygen atoms in total. The average Bonchev–Trinajstić information content (AvgIpc) is 2.33. The van der Waals surface area contributed by atoms with Gasteiger partial charge in [-0.3, -0.25) is 0 Å². The summed E-state index contributed by atoms with van der Waals surface area (Å²) < 4.78 is 1.82. The van der Waals surface area contributed by atoms with Crippen LogP contribution >= 0.6 is 0 Å². The first-order valence-electron chi connectivity index (χ1n) is 3.59. The topological polar surface area (TPSA) is 69.6 Å². The lowest BCUT2D eigenvalue weighted by Gasteiger charge is -1.97. The third-order valence-electron chi connectivity index (χ3n) is 1.75. The highest BCUT2D eigenvalue weighted by molar-refractivity contribution is 5.74. The fourth-order valence-corrected chi connectivity index (χ4v) is 1.17. The van der Waals surface area contributed by atoms with Gasteiger partial charge < -0.3 is 10.3 Å². The van der Waals surface area contributed by atoms with Crippen molar-refractivity contribution in [3.63, 3.8) is 0 Å². The Balaban J connectivity index is 2.92. The lowest BCUT2D eigenvalue weighted by molar-refractivity contribution is 0.929. The first-order chi connectivity index (χ1) is 5.68. The Hall–Kier alpha value is -1.65. The van der Waals surface area contributed by atoms with E-state index in [0.717, 1.165) is 16.9 Å². The molecule has 0 aliphatic heterocycles. The third-order valence-corrected chi connectivity index (χ3v) is 1.75. The van der Waals surface area contributed by atoms with Gasteiger partial charge in [-0.25, -0.2) is 9.97 Å². The van der Waals surface area contributed by atoms with Crippen LogP contribution in [0, 0.1) is 6.92 Å². The summed E-state index contributed by atoms with van der Waals surface area (Å²) in [6.07, 6.45) is 1.70. The molecule has 62 valence electrons. The van der Waals surface area contributed by atoms with Gasteiger partial charge >= 0.3 is 0 Å². The minimum Gasteiger partial charge on any atom is -0.368 e. The number of imidazole rings is 1. The number of rotatable bonds is 0. The van der Waals surface area contributed by atoms with Gasteiger partial charge in [-0.15, -0.1) is 0 Å². The first-order valence-corrected chi connectivity index (χ1v) is 3.59. The Morgan fingerprint density at radius 3 is 2.92 bits per heavy atom. The van der Waals surface area contributed by atoms with Gasteiger partial charge in [0.15, 0.2) is 5.65 Å². The summed E-state index contributed by atoms with van der Waals surface area (Å²) in [6, 6.07) is 0. The molecule has 0 aromatic carbocycles. The van der Waals surface area contributed by atoms with Crippen LogP contribution in [0.15, 0.2) is 6.33 Å². The van der Waals surface area contributed by atoms with E-state index in [2.05, 4.69) is 15.0 Å². The first kappa shape index (κ1) is 7.02. The molecule has 0 spiro atoms. The van der Waals surface area contributed by atoms with E-state index in [-0.39, 0.29) is 0 Å². The molecule has 12 heavy (non-hydrogen) atoms. The number of nitrogen functional groups attached to an aromatic ring is 1. The predicted molar refractivity (Wildman–Crippen MR) is 45.5 cm³/mol. The van der Waals surface area contributed by atoms with Gasteiger partial charge in [0.25, 0.3) is 0 Å². The molecule has 2 rings (SSSR count). The van der Waals surface area contributed by atoms with Crippen molar-refractivity contribution in [1.29, 1.82) is 0 Å². The SMILES string of the molecule is Cc1nc(N)nc2c1ncn2C. The van der Waals surface area contributed by atoms with Gasteiger partial charge in [-0.1, -0.05) is 0 Å². The van der Waals surface area contributed by atoms with Crippen LogP contribution in [0.3, 0.4) is 0 Å². The molecule has 0 bridgehead atoms. The molecule has 0 amide bonds. The van der Waals surface area contributed by atoms with Crippen molar-refractivity contribution in [1.82, 2.24) is 19.5 Å². The van der Waals surface area contributed by atoms with Gasteiger partial charge in [-0.2, -0.15) is 4.98 Å². The van der Waals surface area contributed by atoms with Crippen LogP contribution in [-0.4, -0.2) is 19.5 Å². The second-order valence-electron chi connectivity index (χ2n) is 2.69. The Labute approximate surface area is 69.3 Å². The normalized spacial score (nSPS) is 10.8. The number of aryl methyl sites for hydroxylation is 2. The molecule has 0 saturated carbocycles. The van der Waals surface area contributed by atoms with Gasteiger partial charge in [0, 0.05) is 7.05 Å². The molecule has 0 atom stereocenters. The summed E-state index contributed by atoms with van der Waals surface area (Å²) in [7, 11) is 1.88. The molecule has 0 fully saturated rings. The highest BCUT2D eigenvalue weighted by Crippen LogP contribution is 2.12. The van der Waals surface area contributed by atoms with Crippen molar-refractivity contribution in [3.8, 4) is 0 Å². The molecule has 2 aromatic heterocycles. The number of hydrogen-bond acceptors (Lipinski definition) is 4. The molecule has 2 aromatic rings. The highest BCUT2D eigenvalue weighted by atomic mass is 15.1. The lowest BCUT2D eigenvalue weighted by Crippen LogP contribution is -1.99. The van der Waals surface area contributed by atoms with Crippen molar-refractivity contribution in [2.45, 2.75) is 6.92 Å². The van der Waals surface area contributed by atoms with E-state index in [1.54, 1.807) is 6.33 Å². The van der Waals surface area contributed by atoms with Gasteiger partial charge in [0.05, 0.1) is 12.0 Å². The zero-order chi connectivity index (χ0) is 8.72. The van der Waals surface area contributed by atoms with Crippen LogP contribution in [0.5, 0.6) is 0 Å². The van der Waals surface area contributed by atoms with E-state index in [1.807, 2.05) is 18.5 Å². The number of aromatic nitrogens is 4. The minimum absolute atomic E-state index is 0.295.